The first-order valence-electron chi connectivity index (χ1n) is 6.32. The number of alkyl halides is 3. The molecule has 0 radical (unpaired) electrons. The number of amides is 1. The molecule has 0 aromatic heterocycles. The number of nitrogens with zero attached hydrogens (tertiary/aromatic N) is 1. The highest BCUT2D eigenvalue weighted by Gasteiger charge is 2.35. The minimum Gasteiger partial charge on any atom is -0.339 e. The predicted molar refractivity (Wildman–Crippen MR) is 67.9 cm³/mol. The zero-order chi connectivity index (χ0) is 15.5. The number of rotatable bonds is 4. The van der Waals surface area contributed by atoms with E-state index in [1.165, 1.54) is 11.9 Å². The Labute approximate surface area is 115 Å². The lowest BCUT2D eigenvalue weighted by Crippen LogP contribution is -2.35. The van der Waals surface area contributed by atoms with Crippen molar-refractivity contribution in [3.63, 3.8) is 0 Å². The Bertz CT molecular complexity index is 485. The molecule has 0 saturated carbocycles. The van der Waals surface area contributed by atoms with Gasteiger partial charge in [-0.15, -0.1) is 0 Å². The monoisotopic (exact) mass is 291 g/mol. The fraction of sp³-hybridized carbons (Fsp3) is 0.500. The molecular formula is C14H17F4NO. The van der Waals surface area contributed by atoms with Crippen LogP contribution in [0.2, 0.25) is 0 Å². The van der Waals surface area contributed by atoms with Gasteiger partial charge in [-0.05, 0) is 31.5 Å². The molecule has 0 aliphatic heterocycles. The minimum absolute atomic E-state index is 0.0908. The molecule has 112 valence electrons. The molecular weight excluding hydrogens is 274 g/mol. The smallest absolute Gasteiger partial charge is 0.339 e. The van der Waals surface area contributed by atoms with Crippen molar-refractivity contribution in [1.29, 1.82) is 0 Å². The summed E-state index contributed by atoms with van der Waals surface area (Å²) >= 11 is 0. The normalized spacial score (nSPS) is 13.2. The van der Waals surface area contributed by atoms with Crippen molar-refractivity contribution in [2.75, 3.05) is 7.05 Å². The first-order chi connectivity index (χ1) is 9.18. The van der Waals surface area contributed by atoms with Crippen LogP contribution in [0.5, 0.6) is 0 Å². The number of halogens is 4. The van der Waals surface area contributed by atoms with Crippen LogP contribution in [0, 0.1) is 5.82 Å². The third kappa shape index (κ3) is 3.71. The summed E-state index contributed by atoms with van der Waals surface area (Å²) in [6, 6.07) is 2.22. The molecule has 1 aromatic carbocycles. The highest BCUT2D eigenvalue weighted by molar-refractivity contribution is 5.94. The van der Waals surface area contributed by atoms with Crippen LogP contribution in [0.25, 0.3) is 0 Å². The Morgan fingerprint density at radius 2 is 1.95 bits per heavy atom. The summed E-state index contributed by atoms with van der Waals surface area (Å²) in [7, 11) is 1.53. The van der Waals surface area contributed by atoms with E-state index in [4.69, 9.17) is 0 Å². The summed E-state index contributed by atoms with van der Waals surface area (Å²) in [5, 5.41) is 0. The molecule has 0 aliphatic rings. The number of carbonyl (C=O) groups excluding carboxylic acids is 1. The topological polar surface area (TPSA) is 20.3 Å². The van der Waals surface area contributed by atoms with Crippen molar-refractivity contribution >= 4 is 5.91 Å². The van der Waals surface area contributed by atoms with Gasteiger partial charge >= 0.3 is 6.18 Å². The van der Waals surface area contributed by atoms with E-state index in [9.17, 15) is 22.4 Å². The largest absolute Gasteiger partial charge is 0.419 e. The van der Waals surface area contributed by atoms with Crippen LogP contribution < -0.4 is 0 Å². The van der Waals surface area contributed by atoms with Crippen LogP contribution in [0.4, 0.5) is 17.6 Å². The number of carbonyl (C=O) groups is 1. The molecule has 0 saturated heterocycles. The summed E-state index contributed by atoms with van der Waals surface area (Å²) in [5.74, 6) is -1.92. The quantitative estimate of drug-likeness (QED) is 0.765. The van der Waals surface area contributed by atoms with Crippen LogP contribution in [0.15, 0.2) is 18.2 Å². The van der Waals surface area contributed by atoms with Gasteiger partial charge in [0.2, 0.25) is 0 Å². The Balaban J connectivity index is 3.06. The summed E-state index contributed by atoms with van der Waals surface area (Å²) < 4.78 is 51.0. The summed E-state index contributed by atoms with van der Waals surface area (Å²) in [6.45, 7) is 3.77. The second-order valence-corrected chi connectivity index (χ2v) is 4.75. The number of benzene rings is 1. The zero-order valence-corrected chi connectivity index (χ0v) is 11.6. The summed E-state index contributed by atoms with van der Waals surface area (Å²) in [5.41, 5.74) is -1.58. The van der Waals surface area contributed by atoms with Gasteiger partial charge in [0.25, 0.3) is 5.91 Å². The van der Waals surface area contributed by atoms with Crippen LogP contribution in [-0.4, -0.2) is 23.9 Å². The van der Waals surface area contributed by atoms with E-state index in [-0.39, 0.29) is 11.6 Å². The highest BCUT2D eigenvalue weighted by atomic mass is 19.4. The third-order valence-corrected chi connectivity index (χ3v) is 3.21. The predicted octanol–water partition coefficient (Wildman–Crippen LogP) is 4.11. The van der Waals surface area contributed by atoms with Gasteiger partial charge in [-0.3, -0.25) is 4.79 Å². The maximum absolute atomic E-state index is 13.2. The van der Waals surface area contributed by atoms with E-state index in [0.29, 0.717) is 12.1 Å². The number of hydrogen-bond acceptors (Lipinski definition) is 1. The lowest BCUT2D eigenvalue weighted by atomic mass is 10.1. The first kappa shape index (κ1) is 16.5. The molecule has 0 aliphatic carbocycles. The molecule has 1 unspecified atom stereocenters. The van der Waals surface area contributed by atoms with Crippen LogP contribution in [-0.2, 0) is 6.18 Å². The molecule has 0 bridgehead atoms. The second kappa shape index (κ2) is 6.24. The van der Waals surface area contributed by atoms with E-state index in [0.717, 1.165) is 18.9 Å². The van der Waals surface area contributed by atoms with Gasteiger partial charge in [0.15, 0.2) is 0 Å². The zero-order valence-electron chi connectivity index (χ0n) is 11.6. The molecule has 0 heterocycles. The first-order valence-corrected chi connectivity index (χ1v) is 6.32. The summed E-state index contributed by atoms with van der Waals surface area (Å²) in [4.78, 5) is 13.5. The molecule has 6 heteroatoms. The SMILES string of the molecule is CCCC(C)N(C)C(=O)c1ccc(F)c(C(F)(F)F)c1. The van der Waals surface area contributed by atoms with Gasteiger partial charge < -0.3 is 4.90 Å². The molecule has 1 amide bonds. The molecule has 0 N–H and O–H groups in total. The lowest BCUT2D eigenvalue weighted by Gasteiger charge is -2.25. The van der Waals surface area contributed by atoms with Crippen molar-refractivity contribution in [2.45, 2.75) is 38.9 Å². The van der Waals surface area contributed by atoms with Crippen molar-refractivity contribution in [2.24, 2.45) is 0 Å². The van der Waals surface area contributed by atoms with Crippen LogP contribution in [0.3, 0.4) is 0 Å². The van der Waals surface area contributed by atoms with Crippen molar-refractivity contribution < 1.29 is 22.4 Å². The van der Waals surface area contributed by atoms with Gasteiger partial charge in [0.05, 0.1) is 5.56 Å². The van der Waals surface area contributed by atoms with E-state index in [1.54, 1.807) is 0 Å². The van der Waals surface area contributed by atoms with Crippen molar-refractivity contribution in [3.05, 3.63) is 35.1 Å². The molecule has 0 fully saturated rings. The van der Waals surface area contributed by atoms with Crippen molar-refractivity contribution in [3.8, 4) is 0 Å². The second-order valence-electron chi connectivity index (χ2n) is 4.75. The minimum atomic E-state index is -4.81. The van der Waals surface area contributed by atoms with Gasteiger partial charge in [-0.25, -0.2) is 4.39 Å². The molecule has 20 heavy (non-hydrogen) atoms. The maximum Gasteiger partial charge on any atom is 0.419 e. The van der Waals surface area contributed by atoms with Gasteiger partial charge in [-0.1, -0.05) is 13.3 Å². The third-order valence-electron chi connectivity index (χ3n) is 3.21. The lowest BCUT2D eigenvalue weighted by molar-refractivity contribution is -0.140. The highest BCUT2D eigenvalue weighted by Crippen LogP contribution is 2.32. The maximum atomic E-state index is 13.2. The average Bonchev–Trinajstić information content (AvgIpc) is 2.36. The fourth-order valence-electron chi connectivity index (χ4n) is 1.89. The fourth-order valence-corrected chi connectivity index (χ4v) is 1.89. The number of hydrogen-bond donors (Lipinski definition) is 0. The van der Waals surface area contributed by atoms with Gasteiger partial charge in [-0.2, -0.15) is 13.2 Å². The van der Waals surface area contributed by atoms with Crippen molar-refractivity contribution in [1.82, 2.24) is 4.90 Å². The molecule has 2 nitrogen and oxygen atoms in total. The van der Waals surface area contributed by atoms with E-state index < -0.39 is 23.5 Å². The Morgan fingerprint density at radius 3 is 2.45 bits per heavy atom. The van der Waals surface area contributed by atoms with Crippen LogP contribution in [0.1, 0.15) is 42.6 Å². The van der Waals surface area contributed by atoms with Gasteiger partial charge in [0.1, 0.15) is 5.82 Å². The van der Waals surface area contributed by atoms with Gasteiger partial charge in [0, 0.05) is 18.7 Å². The standard InChI is InChI=1S/C14H17F4NO/c1-4-5-9(2)19(3)13(20)10-6-7-12(15)11(8-10)14(16,17)18/h6-9H,4-5H2,1-3H3. The Kier molecular flexibility index (Phi) is 5.14. The molecule has 1 aromatic rings. The molecule has 1 atom stereocenters. The summed E-state index contributed by atoms with van der Waals surface area (Å²) in [6.07, 6.45) is -3.21. The Hall–Kier alpha value is -1.59. The Morgan fingerprint density at radius 1 is 1.35 bits per heavy atom. The van der Waals surface area contributed by atoms with E-state index in [2.05, 4.69) is 0 Å². The molecule has 0 spiro atoms. The average molecular weight is 291 g/mol. The van der Waals surface area contributed by atoms with E-state index in [1.807, 2.05) is 13.8 Å². The van der Waals surface area contributed by atoms with E-state index >= 15 is 0 Å². The van der Waals surface area contributed by atoms with Crippen LogP contribution >= 0.6 is 0 Å². The molecule has 1 rings (SSSR count).